The molecule has 0 heterocycles. The largest absolute Gasteiger partial charge is 0.493 e. The lowest BCUT2D eigenvalue weighted by molar-refractivity contribution is 0.356. The molecule has 4 aromatic carbocycles. The van der Waals surface area contributed by atoms with Gasteiger partial charge < -0.3 is 14.4 Å². The van der Waals surface area contributed by atoms with Crippen molar-refractivity contribution in [2.45, 2.75) is 7.43 Å². The smallest absolute Gasteiger partial charge is 0.161 e. The summed E-state index contributed by atoms with van der Waals surface area (Å²) in [4.78, 5) is 2.17. The maximum Gasteiger partial charge on any atom is 0.161 e. The van der Waals surface area contributed by atoms with Gasteiger partial charge in [-0.25, -0.2) is 0 Å². The molecule has 0 saturated carbocycles. The van der Waals surface area contributed by atoms with E-state index in [1.807, 2.05) is 12.1 Å². The highest BCUT2D eigenvalue weighted by atomic mass is 16.5. The molecule has 0 radical (unpaired) electrons. The van der Waals surface area contributed by atoms with Gasteiger partial charge in [-0.3, -0.25) is 0 Å². The Balaban J connectivity index is 0.00000256. The maximum absolute atomic E-state index is 5.63. The van der Waals surface area contributed by atoms with E-state index in [1.54, 1.807) is 14.2 Å². The van der Waals surface area contributed by atoms with E-state index in [1.165, 1.54) is 22.3 Å². The Labute approximate surface area is 179 Å². The van der Waals surface area contributed by atoms with E-state index >= 15 is 0 Å². The van der Waals surface area contributed by atoms with E-state index in [0.29, 0.717) is 0 Å². The van der Waals surface area contributed by atoms with Gasteiger partial charge in [-0.2, -0.15) is 0 Å². The minimum Gasteiger partial charge on any atom is -0.493 e. The van der Waals surface area contributed by atoms with Crippen molar-refractivity contribution >= 4 is 16.5 Å². The first kappa shape index (κ1) is 21.3. The van der Waals surface area contributed by atoms with Gasteiger partial charge in [-0.05, 0) is 40.3 Å². The minimum atomic E-state index is 0. The topological polar surface area (TPSA) is 21.7 Å². The molecule has 0 atom stereocenters. The van der Waals surface area contributed by atoms with Crippen LogP contribution in [0, 0.1) is 0 Å². The van der Waals surface area contributed by atoms with Gasteiger partial charge in [0.2, 0.25) is 0 Å². The molecule has 0 aliphatic carbocycles. The van der Waals surface area contributed by atoms with Crippen LogP contribution in [0.15, 0.2) is 78.9 Å². The summed E-state index contributed by atoms with van der Waals surface area (Å²) in [7, 11) is 7.52. The number of methoxy groups -OCH3 is 2. The molecule has 0 unspecified atom stereocenters. The third kappa shape index (κ3) is 3.71. The predicted octanol–water partition coefficient (Wildman–Crippen LogP) is 6.89. The van der Waals surface area contributed by atoms with E-state index in [-0.39, 0.29) is 7.43 Å². The molecule has 0 aliphatic rings. The number of nitrogens with zero attached hydrogens (tertiary/aromatic N) is 1. The molecule has 154 valence electrons. The Morgan fingerprint density at radius 2 is 1.07 bits per heavy atom. The predicted molar refractivity (Wildman–Crippen MR) is 129 cm³/mol. The van der Waals surface area contributed by atoms with Crippen molar-refractivity contribution in [1.29, 1.82) is 0 Å². The summed E-state index contributed by atoms with van der Waals surface area (Å²) >= 11 is 0. The molecule has 0 N–H and O–H groups in total. The highest BCUT2D eigenvalue weighted by molar-refractivity contribution is 6.10. The lowest BCUT2D eigenvalue weighted by Crippen LogP contribution is -2.11. The van der Waals surface area contributed by atoms with Crippen LogP contribution in [-0.2, 0) is 0 Å². The van der Waals surface area contributed by atoms with Crippen molar-refractivity contribution < 1.29 is 9.47 Å². The van der Waals surface area contributed by atoms with Crippen molar-refractivity contribution in [3.05, 3.63) is 78.9 Å². The van der Waals surface area contributed by atoms with Crippen LogP contribution in [0.2, 0.25) is 0 Å². The summed E-state index contributed by atoms with van der Waals surface area (Å²) in [6.07, 6.45) is 0. The molecule has 4 aromatic rings. The molecule has 0 amide bonds. The number of benzene rings is 4. The number of rotatable bonds is 5. The van der Waals surface area contributed by atoms with Gasteiger partial charge in [0.1, 0.15) is 0 Å². The zero-order valence-corrected chi connectivity index (χ0v) is 17.3. The molecule has 0 aromatic heterocycles. The molecule has 4 rings (SSSR count). The first-order chi connectivity index (χ1) is 14.1. The van der Waals surface area contributed by atoms with Gasteiger partial charge in [0.05, 0.1) is 19.9 Å². The lowest BCUT2D eigenvalue weighted by Gasteiger charge is -2.24. The summed E-state index contributed by atoms with van der Waals surface area (Å²) in [5.74, 6) is 1.46. The van der Waals surface area contributed by atoms with E-state index in [4.69, 9.17) is 9.47 Å². The second-order valence-corrected chi connectivity index (χ2v) is 7.20. The van der Waals surface area contributed by atoms with Crippen molar-refractivity contribution in [1.82, 2.24) is 0 Å². The SMILES string of the molecule is C.COc1cc2c(-c3ccccc3)cc(-c3ccccc3)c(N(C)C)c2cc1OC. The first-order valence-electron chi connectivity index (χ1n) is 9.65. The van der Waals surface area contributed by atoms with Crippen LogP contribution in [-0.4, -0.2) is 28.3 Å². The number of anilines is 1. The summed E-state index contributed by atoms with van der Waals surface area (Å²) < 4.78 is 11.2. The molecule has 0 spiro atoms. The van der Waals surface area contributed by atoms with Crippen LogP contribution in [0.4, 0.5) is 5.69 Å². The van der Waals surface area contributed by atoms with E-state index < -0.39 is 0 Å². The summed E-state index contributed by atoms with van der Waals surface area (Å²) in [5.41, 5.74) is 5.88. The summed E-state index contributed by atoms with van der Waals surface area (Å²) in [5, 5.41) is 2.27. The molecule has 0 fully saturated rings. The highest BCUT2D eigenvalue weighted by Gasteiger charge is 2.19. The average molecular weight is 400 g/mol. The molecule has 3 heteroatoms. The minimum absolute atomic E-state index is 0. The van der Waals surface area contributed by atoms with Crippen LogP contribution in [0.5, 0.6) is 11.5 Å². The fourth-order valence-corrected chi connectivity index (χ4v) is 3.91. The Morgan fingerprint density at radius 1 is 0.600 bits per heavy atom. The van der Waals surface area contributed by atoms with Crippen molar-refractivity contribution in [3.8, 4) is 33.8 Å². The van der Waals surface area contributed by atoms with E-state index in [9.17, 15) is 0 Å². The van der Waals surface area contributed by atoms with Crippen LogP contribution in [0.3, 0.4) is 0 Å². The zero-order chi connectivity index (χ0) is 20.4. The number of fused-ring (bicyclic) bond motifs is 1. The second-order valence-electron chi connectivity index (χ2n) is 7.20. The summed E-state index contributed by atoms with van der Waals surface area (Å²) in [6.45, 7) is 0. The molecular weight excluding hydrogens is 370 g/mol. The van der Waals surface area contributed by atoms with Crippen molar-refractivity contribution in [2.75, 3.05) is 33.2 Å². The number of ether oxygens (including phenoxy) is 2. The first-order valence-corrected chi connectivity index (χ1v) is 9.65. The Kier molecular flexibility index (Phi) is 6.31. The van der Waals surface area contributed by atoms with Gasteiger partial charge in [-0.15, -0.1) is 0 Å². The maximum atomic E-state index is 5.63. The standard InChI is InChI=1S/C26H25NO2.CH4/c1-27(2)26-21(19-13-9-6-10-14-19)15-20(18-11-7-5-8-12-18)22-16-24(28-3)25(29-4)17-23(22)26;/h5-17H,1-4H3;1H4. The molecule has 30 heavy (non-hydrogen) atoms. The fourth-order valence-electron chi connectivity index (χ4n) is 3.91. The molecular formula is C27H29NO2. The zero-order valence-electron chi connectivity index (χ0n) is 17.3. The van der Waals surface area contributed by atoms with E-state index in [2.05, 4.69) is 85.7 Å². The second kappa shape index (κ2) is 8.91. The number of hydrogen-bond acceptors (Lipinski definition) is 3. The van der Waals surface area contributed by atoms with E-state index in [0.717, 1.165) is 28.0 Å². The number of hydrogen-bond donors (Lipinski definition) is 0. The van der Waals surface area contributed by atoms with Crippen molar-refractivity contribution in [3.63, 3.8) is 0 Å². The van der Waals surface area contributed by atoms with Gasteiger partial charge in [0.15, 0.2) is 11.5 Å². The van der Waals surface area contributed by atoms with Crippen LogP contribution >= 0.6 is 0 Å². The summed E-state index contributed by atoms with van der Waals surface area (Å²) in [6, 6.07) is 27.5. The van der Waals surface area contributed by atoms with Crippen LogP contribution < -0.4 is 14.4 Å². The molecule has 3 nitrogen and oxygen atoms in total. The Morgan fingerprint density at radius 3 is 1.53 bits per heavy atom. The fraction of sp³-hybridized carbons (Fsp3) is 0.185. The third-order valence-electron chi connectivity index (χ3n) is 5.23. The van der Waals surface area contributed by atoms with Gasteiger partial charge in [0, 0.05) is 25.0 Å². The normalized spacial score (nSPS) is 10.4. The highest BCUT2D eigenvalue weighted by Crippen LogP contribution is 2.45. The quantitative estimate of drug-likeness (QED) is 0.364. The Hall–Kier alpha value is -3.46. The van der Waals surface area contributed by atoms with Crippen molar-refractivity contribution in [2.24, 2.45) is 0 Å². The third-order valence-corrected chi connectivity index (χ3v) is 5.23. The van der Waals surface area contributed by atoms with Crippen LogP contribution in [0.1, 0.15) is 7.43 Å². The van der Waals surface area contributed by atoms with Gasteiger partial charge >= 0.3 is 0 Å². The molecule has 0 bridgehead atoms. The monoisotopic (exact) mass is 399 g/mol. The average Bonchev–Trinajstić information content (AvgIpc) is 2.77. The van der Waals surface area contributed by atoms with Gasteiger partial charge in [-0.1, -0.05) is 68.1 Å². The lowest BCUT2D eigenvalue weighted by atomic mass is 9.90. The molecule has 0 aliphatic heterocycles. The Bertz CT molecular complexity index is 1140. The van der Waals surface area contributed by atoms with Crippen LogP contribution in [0.25, 0.3) is 33.0 Å². The van der Waals surface area contributed by atoms with Gasteiger partial charge in [0.25, 0.3) is 0 Å². The molecule has 0 saturated heterocycles.